The zero-order chi connectivity index (χ0) is 14.5. The number of hydrogen-bond acceptors (Lipinski definition) is 4. The zero-order valence-corrected chi connectivity index (χ0v) is 11.8. The molecule has 0 amide bonds. The van der Waals surface area contributed by atoms with E-state index >= 15 is 0 Å². The number of aliphatic hydroxyl groups excluding tert-OH is 2. The number of fused-ring (bicyclic) bond motifs is 1. The van der Waals surface area contributed by atoms with E-state index in [4.69, 9.17) is 4.74 Å². The molecule has 0 bridgehead atoms. The molecule has 2 aliphatic carbocycles. The third-order valence-electron chi connectivity index (χ3n) is 5.30. The molecule has 2 fully saturated rings. The molecular weight excluding hydrogens is 256 g/mol. The van der Waals surface area contributed by atoms with Crippen LogP contribution in [0.5, 0.6) is 0 Å². The maximum Gasteiger partial charge on any atom is 0.125 e. The summed E-state index contributed by atoms with van der Waals surface area (Å²) in [6.45, 7) is 4.41. The van der Waals surface area contributed by atoms with Crippen LogP contribution < -0.4 is 0 Å². The minimum Gasteiger partial charge on any atom is -0.390 e. The van der Waals surface area contributed by atoms with Crippen LogP contribution in [0.4, 0.5) is 0 Å². The Morgan fingerprint density at radius 3 is 2.40 bits per heavy atom. The van der Waals surface area contributed by atoms with Gasteiger partial charge in [0.2, 0.25) is 0 Å². The Kier molecular flexibility index (Phi) is 3.37. The lowest BCUT2D eigenvalue weighted by molar-refractivity contribution is -0.285. The van der Waals surface area contributed by atoms with Gasteiger partial charge in [-0.15, -0.1) is 0 Å². The van der Waals surface area contributed by atoms with Gasteiger partial charge in [0, 0.05) is 5.92 Å². The monoisotopic (exact) mass is 278 g/mol. The highest BCUT2D eigenvalue weighted by Crippen LogP contribution is 2.57. The Labute approximate surface area is 119 Å². The molecular formula is C16H22O4. The molecule has 1 aromatic carbocycles. The highest BCUT2D eigenvalue weighted by atomic mass is 16.5. The standard InChI is InChI=1S/C16H22O4/c1-9-10(2)15(16(19)12(9)13(17)14(16)18)20-8-11-6-4-3-5-7-11/h3-7,9-10,12-15,17-19H,8H2,1-2H3. The highest BCUT2D eigenvalue weighted by Gasteiger charge is 2.72. The van der Waals surface area contributed by atoms with Crippen molar-refractivity contribution in [3.8, 4) is 0 Å². The van der Waals surface area contributed by atoms with E-state index in [9.17, 15) is 15.3 Å². The maximum absolute atomic E-state index is 10.7. The number of aliphatic hydroxyl groups is 3. The molecule has 1 aromatic rings. The van der Waals surface area contributed by atoms with Gasteiger partial charge in [0.25, 0.3) is 0 Å². The first kappa shape index (κ1) is 14.0. The summed E-state index contributed by atoms with van der Waals surface area (Å²) in [6.07, 6.45) is -2.40. The minimum atomic E-state index is -1.31. The van der Waals surface area contributed by atoms with Crippen LogP contribution in [0.1, 0.15) is 19.4 Å². The topological polar surface area (TPSA) is 69.9 Å². The summed E-state index contributed by atoms with van der Waals surface area (Å²) in [5.41, 5.74) is -0.277. The van der Waals surface area contributed by atoms with E-state index in [0.717, 1.165) is 5.56 Å². The summed E-state index contributed by atoms with van der Waals surface area (Å²) < 4.78 is 5.91. The van der Waals surface area contributed by atoms with Crippen molar-refractivity contribution >= 4 is 0 Å². The molecule has 0 spiro atoms. The molecule has 0 aliphatic heterocycles. The van der Waals surface area contributed by atoms with Crippen LogP contribution in [0, 0.1) is 17.8 Å². The van der Waals surface area contributed by atoms with Crippen molar-refractivity contribution in [3.63, 3.8) is 0 Å². The highest BCUT2D eigenvalue weighted by molar-refractivity contribution is 5.22. The number of hydrogen-bond donors (Lipinski definition) is 3. The van der Waals surface area contributed by atoms with Crippen molar-refractivity contribution in [2.24, 2.45) is 17.8 Å². The van der Waals surface area contributed by atoms with Gasteiger partial charge in [-0.2, -0.15) is 0 Å². The van der Waals surface area contributed by atoms with Crippen molar-refractivity contribution in [1.82, 2.24) is 0 Å². The second kappa shape index (κ2) is 4.81. The predicted octanol–water partition coefficient (Wildman–Crippen LogP) is 0.940. The van der Waals surface area contributed by atoms with Gasteiger partial charge in [-0.25, -0.2) is 0 Å². The average molecular weight is 278 g/mol. The fraction of sp³-hybridized carbons (Fsp3) is 0.625. The minimum absolute atomic E-state index is 0.0977. The Balaban J connectivity index is 1.76. The van der Waals surface area contributed by atoms with Crippen LogP contribution in [0.3, 0.4) is 0 Å². The molecule has 20 heavy (non-hydrogen) atoms. The summed E-state index contributed by atoms with van der Waals surface area (Å²) in [5, 5.41) is 30.6. The van der Waals surface area contributed by atoms with Crippen LogP contribution in [0.15, 0.2) is 30.3 Å². The molecule has 0 heterocycles. The lowest BCUT2D eigenvalue weighted by Gasteiger charge is -2.52. The van der Waals surface area contributed by atoms with Crippen molar-refractivity contribution in [1.29, 1.82) is 0 Å². The molecule has 2 saturated carbocycles. The average Bonchev–Trinajstić information content (AvgIpc) is 2.64. The van der Waals surface area contributed by atoms with E-state index in [2.05, 4.69) is 0 Å². The Hall–Kier alpha value is -0.940. The first-order valence-electron chi connectivity index (χ1n) is 7.22. The fourth-order valence-electron chi connectivity index (χ4n) is 3.98. The fourth-order valence-corrected chi connectivity index (χ4v) is 3.98. The molecule has 0 radical (unpaired) electrons. The van der Waals surface area contributed by atoms with Crippen molar-refractivity contribution in [3.05, 3.63) is 35.9 Å². The third kappa shape index (κ3) is 1.76. The molecule has 7 atom stereocenters. The summed E-state index contributed by atoms with van der Waals surface area (Å²) in [5.74, 6) is -0.0760. The molecule has 0 aromatic heterocycles. The second-order valence-electron chi connectivity index (χ2n) is 6.28. The van der Waals surface area contributed by atoms with Crippen molar-refractivity contribution < 1.29 is 20.1 Å². The quantitative estimate of drug-likeness (QED) is 0.769. The Morgan fingerprint density at radius 1 is 1.10 bits per heavy atom. The first-order chi connectivity index (χ1) is 9.48. The lowest BCUT2D eigenvalue weighted by atomic mass is 9.63. The molecule has 7 unspecified atom stereocenters. The molecule has 3 N–H and O–H groups in total. The molecule has 110 valence electrons. The summed E-state index contributed by atoms with van der Waals surface area (Å²) >= 11 is 0. The van der Waals surface area contributed by atoms with Gasteiger partial charge in [0.1, 0.15) is 11.7 Å². The van der Waals surface area contributed by atoms with E-state index < -0.39 is 23.9 Å². The third-order valence-corrected chi connectivity index (χ3v) is 5.30. The van der Waals surface area contributed by atoms with E-state index in [1.165, 1.54) is 0 Å². The molecule has 0 saturated heterocycles. The van der Waals surface area contributed by atoms with Gasteiger partial charge in [0.05, 0.1) is 18.8 Å². The van der Waals surface area contributed by atoms with Gasteiger partial charge in [-0.1, -0.05) is 44.2 Å². The van der Waals surface area contributed by atoms with Crippen LogP contribution in [0.2, 0.25) is 0 Å². The largest absolute Gasteiger partial charge is 0.390 e. The SMILES string of the molecule is CC1C(C)C2C(O)C(O)C2(O)C1OCc1ccccc1. The summed E-state index contributed by atoms with van der Waals surface area (Å²) in [6, 6.07) is 9.77. The van der Waals surface area contributed by atoms with Crippen LogP contribution in [-0.2, 0) is 11.3 Å². The van der Waals surface area contributed by atoms with E-state index in [-0.39, 0.29) is 17.8 Å². The molecule has 2 aliphatic rings. The molecule has 4 nitrogen and oxygen atoms in total. The molecule has 3 rings (SSSR count). The van der Waals surface area contributed by atoms with E-state index in [0.29, 0.717) is 6.61 Å². The van der Waals surface area contributed by atoms with E-state index in [1.807, 2.05) is 44.2 Å². The lowest BCUT2D eigenvalue weighted by Crippen LogP contribution is -2.72. The maximum atomic E-state index is 10.7. The second-order valence-corrected chi connectivity index (χ2v) is 6.28. The van der Waals surface area contributed by atoms with Gasteiger partial charge in [-0.3, -0.25) is 0 Å². The van der Waals surface area contributed by atoms with E-state index in [1.54, 1.807) is 0 Å². The Bertz CT molecular complexity index is 477. The number of rotatable bonds is 3. The van der Waals surface area contributed by atoms with Gasteiger partial charge >= 0.3 is 0 Å². The predicted molar refractivity (Wildman–Crippen MR) is 73.8 cm³/mol. The van der Waals surface area contributed by atoms with Crippen LogP contribution in [0.25, 0.3) is 0 Å². The smallest absolute Gasteiger partial charge is 0.125 e. The normalized spacial score (nSPS) is 46.9. The Morgan fingerprint density at radius 2 is 1.75 bits per heavy atom. The summed E-state index contributed by atoms with van der Waals surface area (Å²) in [4.78, 5) is 0. The summed E-state index contributed by atoms with van der Waals surface area (Å²) in [7, 11) is 0. The molecule has 4 heteroatoms. The van der Waals surface area contributed by atoms with Crippen LogP contribution >= 0.6 is 0 Å². The number of benzene rings is 1. The first-order valence-corrected chi connectivity index (χ1v) is 7.22. The van der Waals surface area contributed by atoms with Gasteiger partial charge < -0.3 is 20.1 Å². The van der Waals surface area contributed by atoms with Crippen molar-refractivity contribution in [2.75, 3.05) is 0 Å². The van der Waals surface area contributed by atoms with Gasteiger partial charge in [0.15, 0.2) is 0 Å². The number of ether oxygens (including phenoxy) is 1. The van der Waals surface area contributed by atoms with Gasteiger partial charge in [-0.05, 0) is 17.4 Å². The zero-order valence-electron chi connectivity index (χ0n) is 11.8. The van der Waals surface area contributed by atoms with Crippen molar-refractivity contribution in [2.45, 2.75) is 44.4 Å². The van der Waals surface area contributed by atoms with Crippen LogP contribution in [-0.4, -0.2) is 39.2 Å².